The van der Waals surface area contributed by atoms with Crippen LogP contribution in [0.4, 0.5) is 0 Å². The summed E-state index contributed by atoms with van der Waals surface area (Å²) in [6.45, 7) is 7.57. The van der Waals surface area contributed by atoms with E-state index in [2.05, 4.69) is 11.8 Å². The van der Waals surface area contributed by atoms with Crippen LogP contribution in [0.15, 0.2) is 0 Å². The number of nitrogens with zero attached hydrogens (tertiary/aromatic N) is 1. The Morgan fingerprint density at radius 1 is 1.40 bits per heavy atom. The Hall–Kier alpha value is 0.210. The Morgan fingerprint density at radius 3 is 2.67 bits per heavy atom. The SMILES string of the molecule is CC(CCCl)CCN1CCC(C(C)O)C1. The summed E-state index contributed by atoms with van der Waals surface area (Å²) in [5.74, 6) is 2.00. The lowest BCUT2D eigenvalue weighted by Crippen LogP contribution is -2.26. The summed E-state index contributed by atoms with van der Waals surface area (Å²) >= 11 is 5.71. The average molecular weight is 234 g/mol. The Morgan fingerprint density at radius 2 is 2.13 bits per heavy atom. The van der Waals surface area contributed by atoms with Crippen molar-refractivity contribution in [3.8, 4) is 0 Å². The van der Waals surface area contributed by atoms with Gasteiger partial charge in [0.1, 0.15) is 0 Å². The van der Waals surface area contributed by atoms with Crippen LogP contribution in [0.3, 0.4) is 0 Å². The maximum atomic E-state index is 9.49. The Bertz CT molecular complexity index is 175. The summed E-state index contributed by atoms with van der Waals surface area (Å²) in [5.41, 5.74) is 0. The minimum atomic E-state index is -0.143. The van der Waals surface area contributed by atoms with Gasteiger partial charge in [-0.2, -0.15) is 0 Å². The second-order valence-corrected chi connectivity index (χ2v) is 5.34. The summed E-state index contributed by atoms with van der Waals surface area (Å²) in [4.78, 5) is 2.47. The molecule has 1 heterocycles. The number of likely N-dealkylation sites (tertiary alicyclic amines) is 1. The minimum Gasteiger partial charge on any atom is -0.393 e. The van der Waals surface area contributed by atoms with Crippen molar-refractivity contribution in [2.75, 3.05) is 25.5 Å². The molecule has 1 N–H and O–H groups in total. The lowest BCUT2D eigenvalue weighted by Gasteiger charge is -2.19. The Balaban J connectivity index is 2.13. The molecule has 90 valence electrons. The fourth-order valence-electron chi connectivity index (χ4n) is 2.19. The van der Waals surface area contributed by atoms with Crippen molar-refractivity contribution in [2.24, 2.45) is 11.8 Å². The number of alkyl halides is 1. The van der Waals surface area contributed by atoms with E-state index in [1.54, 1.807) is 0 Å². The summed E-state index contributed by atoms with van der Waals surface area (Å²) in [7, 11) is 0. The van der Waals surface area contributed by atoms with Gasteiger partial charge < -0.3 is 10.0 Å². The summed E-state index contributed by atoms with van der Waals surface area (Å²) in [6, 6.07) is 0. The first-order chi connectivity index (χ1) is 7.13. The van der Waals surface area contributed by atoms with Gasteiger partial charge in [0, 0.05) is 12.4 Å². The molecule has 0 aliphatic carbocycles. The van der Waals surface area contributed by atoms with Gasteiger partial charge in [-0.05, 0) is 51.1 Å². The van der Waals surface area contributed by atoms with Crippen molar-refractivity contribution >= 4 is 11.6 Å². The van der Waals surface area contributed by atoms with Gasteiger partial charge in [-0.15, -0.1) is 11.6 Å². The maximum Gasteiger partial charge on any atom is 0.0552 e. The van der Waals surface area contributed by atoms with Crippen LogP contribution in [0.25, 0.3) is 0 Å². The van der Waals surface area contributed by atoms with E-state index in [0.717, 1.165) is 37.7 Å². The van der Waals surface area contributed by atoms with Gasteiger partial charge in [0.2, 0.25) is 0 Å². The molecule has 0 saturated carbocycles. The van der Waals surface area contributed by atoms with Crippen molar-refractivity contribution in [1.82, 2.24) is 4.90 Å². The first-order valence-corrected chi connectivity index (χ1v) is 6.63. The first-order valence-electron chi connectivity index (χ1n) is 6.10. The fourth-order valence-corrected chi connectivity index (χ4v) is 2.57. The predicted molar refractivity (Wildman–Crippen MR) is 65.3 cm³/mol. The molecule has 1 rings (SSSR count). The second kappa shape index (κ2) is 6.72. The van der Waals surface area contributed by atoms with Crippen LogP contribution < -0.4 is 0 Å². The van der Waals surface area contributed by atoms with E-state index in [-0.39, 0.29) is 6.10 Å². The van der Waals surface area contributed by atoms with Crippen LogP contribution in [-0.2, 0) is 0 Å². The van der Waals surface area contributed by atoms with Crippen LogP contribution in [0.5, 0.6) is 0 Å². The van der Waals surface area contributed by atoms with Gasteiger partial charge >= 0.3 is 0 Å². The number of halogens is 1. The first kappa shape index (κ1) is 13.3. The number of hydrogen-bond acceptors (Lipinski definition) is 2. The standard InChI is InChI=1S/C12H24ClNO/c1-10(3-6-13)4-7-14-8-5-12(9-14)11(2)15/h10-12,15H,3-9H2,1-2H3. The molecule has 0 amide bonds. The van der Waals surface area contributed by atoms with Crippen molar-refractivity contribution in [3.05, 3.63) is 0 Å². The third-order valence-corrected chi connectivity index (χ3v) is 3.75. The molecule has 0 aromatic carbocycles. The zero-order valence-electron chi connectivity index (χ0n) is 9.95. The zero-order valence-corrected chi connectivity index (χ0v) is 10.7. The quantitative estimate of drug-likeness (QED) is 0.712. The van der Waals surface area contributed by atoms with Crippen molar-refractivity contribution in [3.63, 3.8) is 0 Å². The molecular formula is C12H24ClNO. The van der Waals surface area contributed by atoms with Crippen LogP contribution in [0.1, 0.15) is 33.1 Å². The third kappa shape index (κ3) is 4.71. The maximum absolute atomic E-state index is 9.49. The highest BCUT2D eigenvalue weighted by molar-refractivity contribution is 6.17. The van der Waals surface area contributed by atoms with E-state index >= 15 is 0 Å². The number of hydrogen-bond donors (Lipinski definition) is 1. The molecule has 1 fully saturated rings. The minimum absolute atomic E-state index is 0.143. The topological polar surface area (TPSA) is 23.5 Å². The zero-order chi connectivity index (χ0) is 11.3. The molecule has 0 spiro atoms. The molecule has 3 atom stereocenters. The molecule has 0 radical (unpaired) electrons. The lowest BCUT2D eigenvalue weighted by molar-refractivity contribution is 0.127. The van der Waals surface area contributed by atoms with Crippen LogP contribution in [-0.4, -0.2) is 41.6 Å². The predicted octanol–water partition coefficient (Wildman–Crippen LogP) is 2.34. The monoisotopic (exact) mass is 233 g/mol. The van der Waals surface area contributed by atoms with Crippen molar-refractivity contribution in [1.29, 1.82) is 0 Å². The third-order valence-electron chi connectivity index (χ3n) is 3.53. The second-order valence-electron chi connectivity index (χ2n) is 4.96. The van der Waals surface area contributed by atoms with E-state index in [0.29, 0.717) is 5.92 Å². The van der Waals surface area contributed by atoms with E-state index in [1.165, 1.54) is 13.0 Å². The normalized spacial score (nSPS) is 26.8. The Kier molecular flexibility index (Phi) is 5.95. The summed E-state index contributed by atoms with van der Waals surface area (Å²) in [5, 5.41) is 9.49. The molecule has 0 aromatic rings. The largest absolute Gasteiger partial charge is 0.393 e. The van der Waals surface area contributed by atoms with Gasteiger partial charge in [0.25, 0.3) is 0 Å². The molecule has 0 bridgehead atoms. The molecule has 0 aromatic heterocycles. The van der Waals surface area contributed by atoms with E-state index < -0.39 is 0 Å². The van der Waals surface area contributed by atoms with Gasteiger partial charge in [-0.3, -0.25) is 0 Å². The highest BCUT2D eigenvalue weighted by atomic mass is 35.5. The molecule has 1 saturated heterocycles. The molecule has 3 unspecified atom stereocenters. The molecule has 3 heteroatoms. The molecule has 2 nitrogen and oxygen atoms in total. The summed E-state index contributed by atoms with van der Waals surface area (Å²) < 4.78 is 0. The van der Waals surface area contributed by atoms with E-state index in [9.17, 15) is 5.11 Å². The smallest absolute Gasteiger partial charge is 0.0552 e. The molecule has 1 aliphatic heterocycles. The molecule has 1 aliphatic rings. The van der Waals surface area contributed by atoms with Gasteiger partial charge in [0.05, 0.1) is 6.10 Å². The van der Waals surface area contributed by atoms with E-state index in [4.69, 9.17) is 11.6 Å². The van der Waals surface area contributed by atoms with Crippen molar-refractivity contribution in [2.45, 2.75) is 39.2 Å². The highest BCUT2D eigenvalue weighted by Crippen LogP contribution is 2.20. The fraction of sp³-hybridized carbons (Fsp3) is 1.00. The van der Waals surface area contributed by atoms with Crippen LogP contribution in [0.2, 0.25) is 0 Å². The van der Waals surface area contributed by atoms with Gasteiger partial charge in [0.15, 0.2) is 0 Å². The van der Waals surface area contributed by atoms with E-state index in [1.807, 2.05) is 6.92 Å². The summed E-state index contributed by atoms with van der Waals surface area (Å²) in [6.07, 6.45) is 3.37. The van der Waals surface area contributed by atoms with Crippen LogP contribution in [0, 0.1) is 11.8 Å². The number of aliphatic hydroxyl groups excluding tert-OH is 1. The van der Waals surface area contributed by atoms with Gasteiger partial charge in [-0.25, -0.2) is 0 Å². The van der Waals surface area contributed by atoms with Crippen LogP contribution >= 0.6 is 11.6 Å². The molecular weight excluding hydrogens is 210 g/mol. The highest BCUT2D eigenvalue weighted by Gasteiger charge is 2.25. The average Bonchev–Trinajstić information content (AvgIpc) is 2.63. The van der Waals surface area contributed by atoms with Gasteiger partial charge in [-0.1, -0.05) is 6.92 Å². The molecule has 15 heavy (non-hydrogen) atoms. The number of aliphatic hydroxyl groups is 1. The Labute approximate surface area is 98.6 Å². The number of rotatable bonds is 6. The van der Waals surface area contributed by atoms with Crippen molar-refractivity contribution < 1.29 is 5.11 Å². The lowest BCUT2D eigenvalue weighted by atomic mass is 10.0.